The molecule has 1 rings (SSSR count). The molecule has 1 amide bonds. The molecule has 6 heteroatoms. The summed E-state index contributed by atoms with van der Waals surface area (Å²) in [5, 5.41) is 2.85. The van der Waals surface area contributed by atoms with Crippen LogP contribution in [0, 0.1) is 5.92 Å². The van der Waals surface area contributed by atoms with Gasteiger partial charge in [0.1, 0.15) is 5.75 Å². The minimum absolute atomic E-state index is 0.296. The summed E-state index contributed by atoms with van der Waals surface area (Å²) in [5.41, 5.74) is 5.36. The van der Waals surface area contributed by atoms with Crippen LogP contribution in [0.5, 0.6) is 0 Å². The molecule has 2 atom stereocenters. The lowest BCUT2D eigenvalue weighted by atomic mass is 9.73. The Kier molecular flexibility index (Phi) is 4.55. The number of carbonyl (C=O) groups is 1. The zero-order valence-electron chi connectivity index (χ0n) is 10.5. The molecule has 100 valence electrons. The van der Waals surface area contributed by atoms with E-state index in [1.807, 2.05) is 0 Å². The molecule has 2 unspecified atom stereocenters. The van der Waals surface area contributed by atoms with E-state index >= 15 is 0 Å². The highest BCUT2D eigenvalue weighted by Gasteiger charge is 2.38. The summed E-state index contributed by atoms with van der Waals surface area (Å²) >= 11 is 0. The van der Waals surface area contributed by atoms with Crippen LogP contribution in [-0.2, 0) is 14.6 Å². The van der Waals surface area contributed by atoms with Crippen molar-refractivity contribution in [3.63, 3.8) is 0 Å². The Hall–Kier alpha value is -0.620. The number of sulfone groups is 1. The molecular formula is C11H22N2O3S. The van der Waals surface area contributed by atoms with E-state index in [0.29, 0.717) is 12.5 Å². The average Bonchev–Trinajstić information content (AvgIpc) is 2.19. The van der Waals surface area contributed by atoms with Crippen molar-refractivity contribution in [1.82, 2.24) is 5.32 Å². The molecule has 0 aliphatic heterocycles. The highest BCUT2D eigenvalue weighted by molar-refractivity contribution is 7.91. The van der Waals surface area contributed by atoms with Crippen molar-refractivity contribution in [2.75, 3.05) is 18.6 Å². The Labute approximate surface area is 103 Å². The Morgan fingerprint density at radius 1 is 1.47 bits per heavy atom. The van der Waals surface area contributed by atoms with Crippen molar-refractivity contribution in [3.05, 3.63) is 0 Å². The van der Waals surface area contributed by atoms with Crippen LogP contribution >= 0.6 is 0 Å². The summed E-state index contributed by atoms with van der Waals surface area (Å²) < 4.78 is 22.1. The van der Waals surface area contributed by atoms with Gasteiger partial charge in [0, 0.05) is 12.8 Å². The van der Waals surface area contributed by atoms with E-state index in [9.17, 15) is 13.2 Å². The fraction of sp³-hybridized carbons (Fsp3) is 0.909. The fourth-order valence-electron chi connectivity index (χ4n) is 2.51. The molecule has 1 aliphatic carbocycles. The highest BCUT2D eigenvalue weighted by atomic mass is 32.2. The maximum absolute atomic E-state index is 11.7. The van der Waals surface area contributed by atoms with E-state index in [4.69, 9.17) is 5.73 Å². The van der Waals surface area contributed by atoms with Gasteiger partial charge >= 0.3 is 0 Å². The summed E-state index contributed by atoms with van der Waals surface area (Å²) in [5.74, 6) is -0.599. The Morgan fingerprint density at radius 3 is 2.59 bits per heavy atom. The van der Waals surface area contributed by atoms with Crippen LogP contribution in [0.1, 0.15) is 32.6 Å². The van der Waals surface area contributed by atoms with Gasteiger partial charge in [-0.25, -0.2) is 8.42 Å². The van der Waals surface area contributed by atoms with Crippen molar-refractivity contribution in [2.24, 2.45) is 11.7 Å². The number of carbonyl (C=O) groups excluding carboxylic acids is 1. The second-order valence-electron chi connectivity index (χ2n) is 5.13. The van der Waals surface area contributed by atoms with Crippen LogP contribution in [-0.4, -0.2) is 38.4 Å². The molecule has 0 aromatic rings. The molecule has 1 fully saturated rings. The van der Waals surface area contributed by atoms with Gasteiger partial charge in [-0.05, 0) is 18.8 Å². The Bertz CT molecular complexity index is 380. The molecule has 0 heterocycles. The van der Waals surface area contributed by atoms with Crippen LogP contribution in [0.4, 0.5) is 0 Å². The summed E-state index contributed by atoms with van der Waals surface area (Å²) in [6, 6.07) is 0. The van der Waals surface area contributed by atoms with Crippen molar-refractivity contribution < 1.29 is 13.2 Å². The van der Waals surface area contributed by atoms with E-state index in [-0.39, 0.29) is 0 Å². The van der Waals surface area contributed by atoms with E-state index in [1.54, 1.807) is 0 Å². The first kappa shape index (κ1) is 14.4. The smallest absolute Gasteiger partial charge is 0.235 e. The van der Waals surface area contributed by atoms with Crippen LogP contribution in [0.15, 0.2) is 0 Å². The largest absolute Gasteiger partial charge is 0.348 e. The predicted molar refractivity (Wildman–Crippen MR) is 67.3 cm³/mol. The zero-order chi connectivity index (χ0) is 13.1. The highest BCUT2D eigenvalue weighted by Crippen LogP contribution is 2.32. The van der Waals surface area contributed by atoms with E-state index in [0.717, 1.165) is 31.9 Å². The van der Waals surface area contributed by atoms with Crippen LogP contribution in [0.25, 0.3) is 0 Å². The monoisotopic (exact) mass is 262 g/mol. The van der Waals surface area contributed by atoms with Gasteiger partial charge < -0.3 is 11.1 Å². The molecule has 0 saturated heterocycles. The maximum Gasteiger partial charge on any atom is 0.235 e. The van der Waals surface area contributed by atoms with E-state index < -0.39 is 27.0 Å². The molecule has 3 N–H and O–H groups in total. The molecule has 0 bridgehead atoms. The Morgan fingerprint density at radius 2 is 2.12 bits per heavy atom. The van der Waals surface area contributed by atoms with Crippen molar-refractivity contribution in [3.8, 4) is 0 Å². The lowest BCUT2D eigenvalue weighted by Gasteiger charge is -2.42. The summed E-state index contributed by atoms with van der Waals surface area (Å²) in [6.07, 6.45) is 5.09. The molecule has 0 aromatic carbocycles. The molecule has 0 aromatic heterocycles. The zero-order valence-corrected chi connectivity index (χ0v) is 11.3. The minimum atomic E-state index is -3.28. The second-order valence-corrected chi connectivity index (χ2v) is 7.27. The number of nitrogens with two attached hydrogens (primary N) is 1. The van der Waals surface area contributed by atoms with Gasteiger partial charge in [0.15, 0.2) is 9.84 Å². The normalized spacial score (nSPS) is 29.9. The maximum atomic E-state index is 11.7. The third kappa shape index (κ3) is 3.96. The fourth-order valence-corrected chi connectivity index (χ4v) is 3.05. The predicted octanol–water partition coefficient (Wildman–Crippen LogP) is 0.0548. The number of amides is 1. The number of hydrogen-bond donors (Lipinski definition) is 2. The molecule has 1 aliphatic rings. The van der Waals surface area contributed by atoms with Crippen molar-refractivity contribution in [2.45, 2.75) is 38.1 Å². The second kappa shape index (κ2) is 5.35. The lowest BCUT2D eigenvalue weighted by molar-refractivity contribution is -0.121. The van der Waals surface area contributed by atoms with Gasteiger partial charge in [-0.15, -0.1) is 0 Å². The first-order chi connectivity index (χ1) is 7.79. The first-order valence-electron chi connectivity index (χ1n) is 5.98. The summed E-state index contributed by atoms with van der Waals surface area (Å²) in [6.45, 7) is 2.43. The van der Waals surface area contributed by atoms with Crippen LogP contribution in [0.2, 0.25) is 0 Å². The lowest BCUT2D eigenvalue weighted by Crippen LogP contribution is -2.60. The van der Waals surface area contributed by atoms with Gasteiger partial charge in [0.05, 0.1) is 5.54 Å². The van der Waals surface area contributed by atoms with E-state index in [1.165, 1.54) is 0 Å². The van der Waals surface area contributed by atoms with Gasteiger partial charge in [-0.2, -0.15) is 0 Å². The van der Waals surface area contributed by atoms with Gasteiger partial charge in [-0.1, -0.05) is 19.8 Å². The van der Waals surface area contributed by atoms with Crippen molar-refractivity contribution in [1.29, 1.82) is 0 Å². The van der Waals surface area contributed by atoms with Crippen LogP contribution < -0.4 is 11.1 Å². The Balaban J connectivity index is 2.71. The number of rotatable bonds is 4. The quantitative estimate of drug-likeness (QED) is 0.749. The molecular weight excluding hydrogens is 240 g/mol. The van der Waals surface area contributed by atoms with Gasteiger partial charge in [0.2, 0.25) is 5.91 Å². The summed E-state index contributed by atoms with van der Waals surface area (Å²) in [4.78, 5) is 11.7. The molecule has 1 saturated carbocycles. The first-order valence-corrected chi connectivity index (χ1v) is 8.04. The molecule has 5 nitrogen and oxygen atoms in total. The minimum Gasteiger partial charge on any atom is -0.348 e. The van der Waals surface area contributed by atoms with Gasteiger partial charge in [0.25, 0.3) is 0 Å². The molecule has 17 heavy (non-hydrogen) atoms. The topological polar surface area (TPSA) is 89.3 Å². The van der Waals surface area contributed by atoms with E-state index in [2.05, 4.69) is 12.2 Å². The summed E-state index contributed by atoms with van der Waals surface area (Å²) in [7, 11) is -3.28. The third-order valence-electron chi connectivity index (χ3n) is 3.60. The number of nitrogens with one attached hydrogen (secondary N) is 1. The average molecular weight is 262 g/mol. The standard InChI is InChI=1S/C11H22N2O3S/c1-9-5-3-4-6-11(9,8-12)13-10(14)7-17(2,15)16/h9H,3-8,12H2,1-2H3,(H,13,14). The van der Waals surface area contributed by atoms with Crippen LogP contribution in [0.3, 0.4) is 0 Å². The van der Waals surface area contributed by atoms with Crippen molar-refractivity contribution >= 4 is 15.7 Å². The van der Waals surface area contributed by atoms with Gasteiger partial charge in [-0.3, -0.25) is 4.79 Å². The molecule has 0 radical (unpaired) electrons. The SMILES string of the molecule is CC1CCCCC1(CN)NC(=O)CS(C)(=O)=O. The number of hydrogen-bond acceptors (Lipinski definition) is 4. The third-order valence-corrected chi connectivity index (χ3v) is 4.39. The molecule has 0 spiro atoms.